The summed E-state index contributed by atoms with van der Waals surface area (Å²) in [5.41, 5.74) is 0.501. The first-order valence-corrected chi connectivity index (χ1v) is 6.48. The highest BCUT2D eigenvalue weighted by atomic mass is 16.7. The fourth-order valence-electron chi connectivity index (χ4n) is 2.05. The Morgan fingerprint density at radius 3 is 1.39 bits per heavy atom. The molecular formula is C16H26O2. The molecule has 0 atom stereocenters. The van der Waals surface area contributed by atoms with Crippen LogP contribution in [0.4, 0.5) is 0 Å². The van der Waals surface area contributed by atoms with Gasteiger partial charge in [-0.3, -0.25) is 0 Å². The van der Waals surface area contributed by atoms with Crippen LogP contribution in [0.3, 0.4) is 0 Å². The van der Waals surface area contributed by atoms with Gasteiger partial charge in [0.25, 0.3) is 0 Å². The van der Waals surface area contributed by atoms with E-state index in [1.807, 2.05) is 78.8 Å². The molecule has 0 aliphatic carbocycles. The monoisotopic (exact) mass is 250 g/mol. The molecule has 0 fully saturated rings. The van der Waals surface area contributed by atoms with Gasteiger partial charge in [0, 0.05) is 5.56 Å². The topological polar surface area (TPSA) is 18.5 Å². The van der Waals surface area contributed by atoms with Crippen molar-refractivity contribution >= 4 is 0 Å². The molecule has 0 saturated carbocycles. The number of hydrogen-bond acceptors (Lipinski definition) is 2. The molecule has 0 N–H and O–H groups in total. The molecule has 0 aromatic heterocycles. The second-order valence-corrected chi connectivity index (χ2v) is 6.74. The van der Waals surface area contributed by atoms with Crippen LogP contribution in [-0.4, -0.2) is 11.2 Å². The molecular weight excluding hydrogens is 224 g/mol. The van der Waals surface area contributed by atoms with Gasteiger partial charge in [-0.2, -0.15) is 0 Å². The highest BCUT2D eigenvalue weighted by Crippen LogP contribution is 2.35. The van der Waals surface area contributed by atoms with Crippen LogP contribution in [0.5, 0.6) is 0 Å². The van der Waals surface area contributed by atoms with Crippen molar-refractivity contribution in [3.63, 3.8) is 0 Å². The smallest absolute Gasteiger partial charge is 0.193 e. The van der Waals surface area contributed by atoms with Gasteiger partial charge in [-0.15, -0.1) is 0 Å². The zero-order valence-electron chi connectivity index (χ0n) is 12.7. The number of benzene rings is 1. The van der Waals surface area contributed by atoms with Gasteiger partial charge >= 0.3 is 0 Å². The van der Waals surface area contributed by atoms with Gasteiger partial charge in [0.05, 0.1) is 11.2 Å². The predicted molar refractivity (Wildman–Crippen MR) is 75.5 cm³/mol. The molecule has 0 unspecified atom stereocenters. The molecule has 1 aromatic rings. The van der Waals surface area contributed by atoms with Gasteiger partial charge in [0.15, 0.2) is 5.79 Å². The van der Waals surface area contributed by atoms with Crippen molar-refractivity contribution in [1.29, 1.82) is 0 Å². The van der Waals surface area contributed by atoms with Gasteiger partial charge in [-0.05, 0) is 48.5 Å². The van der Waals surface area contributed by atoms with E-state index in [9.17, 15) is 0 Å². The third-order valence-corrected chi connectivity index (χ3v) is 2.30. The average molecular weight is 250 g/mol. The molecule has 18 heavy (non-hydrogen) atoms. The van der Waals surface area contributed by atoms with Crippen molar-refractivity contribution in [2.75, 3.05) is 0 Å². The summed E-state index contributed by atoms with van der Waals surface area (Å²) in [6.07, 6.45) is 0. The summed E-state index contributed by atoms with van der Waals surface area (Å²) in [5.74, 6) is -0.738. The molecule has 102 valence electrons. The first kappa shape index (κ1) is 15.2. The van der Waals surface area contributed by atoms with Crippen LogP contribution < -0.4 is 0 Å². The van der Waals surface area contributed by atoms with Crippen molar-refractivity contribution in [2.45, 2.75) is 65.5 Å². The SMILES string of the molecule is CC(C)(C)OC(C)(OC(C)(C)C)c1ccccc1. The molecule has 2 heteroatoms. The van der Waals surface area contributed by atoms with Gasteiger partial charge in [-0.1, -0.05) is 30.3 Å². The summed E-state index contributed by atoms with van der Waals surface area (Å²) in [6.45, 7) is 14.2. The van der Waals surface area contributed by atoms with Crippen molar-refractivity contribution in [2.24, 2.45) is 0 Å². The summed E-state index contributed by atoms with van der Waals surface area (Å²) in [5, 5.41) is 0. The van der Waals surface area contributed by atoms with Gasteiger partial charge < -0.3 is 9.47 Å². The molecule has 1 aromatic carbocycles. The molecule has 0 heterocycles. The Kier molecular flexibility index (Phi) is 4.24. The lowest BCUT2D eigenvalue weighted by Gasteiger charge is -2.41. The van der Waals surface area contributed by atoms with Crippen molar-refractivity contribution in [3.8, 4) is 0 Å². The Morgan fingerprint density at radius 2 is 1.06 bits per heavy atom. The molecule has 2 nitrogen and oxygen atoms in total. The third kappa shape index (κ3) is 4.79. The van der Waals surface area contributed by atoms with Crippen LogP contribution in [0.15, 0.2) is 30.3 Å². The van der Waals surface area contributed by atoms with Crippen LogP contribution >= 0.6 is 0 Å². The Bertz CT molecular complexity index is 352. The van der Waals surface area contributed by atoms with E-state index in [-0.39, 0.29) is 11.2 Å². The van der Waals surface area contributed by atoms with E-state index >= 15 is 0 Å². The molecule has 0 radical (unpaired) electrons. The van der Waals surface area contributed by atoms with E-state index in [1.165, 1.54) is 0 Å². The lowest BCUT2D eigenvalue weighted by atomic mass is 10.0. The second-order valence-electron chi connectivity index (χ2n) is 6.74. The zero-order chi connectivity index (χ0) is 14.0. The van der Waals surface area contributed by atoms with Crippen LogP contribution in [0.25, 0.3) is 0 Å². The van der Waals surface area contributed by atoms with Crippen molar-refractivity contribution < 1.29 is 9.47 Å². The normalized spacial score (nSPS) is 13.7. The fourth-order valence-corrected chi connectivity index (χ4v) is 2.05. The van der Waals surface area contributed by atoms with Gasteiger partial charge in [0.1, 0.15) is 0 Å². The number of hydrogen-bond donors (Lipinski definition) is 0. The van der Waals surface area contributed by atoms with E-state index in [0.717, 1.165) is 5.56 Å². The molecule has 0 bridgehead atoms. The molecule has 0 spiro atoms. The minimum Gasteiger partial charge on any atom is -0.340 e. The quantitative estimate of drug-likeness (QED) is 0.736. The van der Waals surface area contributed by atoms with Crippen molar-refractivity contribution in [3.05, 3.63) is 35.9 Å². The summed E-state index contributed by atoms with van der Waals surface area (Å²) in [6, 6.07) is 10.1. The van der Waals surface area contributed by atoms with E-state index in [2.05, 4.69) is 0 Å². The maximum absolute atomic E-state index is 6.17. The minimum atomic E-state index is -0.738. The van der Waals surface area contributed by atoms with Gasteiger partial charge in [-0.25, -0.2) is 0 Å². The van der Waals surface area contributed by atoms with E-state index in [1.54, 1.807) is 0 Å². The standard InChI is InChI=1S/C16H26O2/c1-14(2,3)17-16(7,18-15(4,5)6)13-11-9-8-10-12-13/h8-12H,1-7H3. The van der Waals surface area contributed by atoms with Crippen LogP contribution in [0, 0.1) is 0 Å². The summed E-state index contributed by atoms with van der Waals surface area (Å²) < 4.78 is 12.3. The summed E-state index contributed by atoms with van der Waals surface area (Å²) >= 11 is 0. The van der Waals surface area contributed by atoms with E-state index in [0.29, 0.717) is 0 Å². The average Bonchev–Trinajstić information content (AvgIpc) is 2.13. The zero-order valence-corrected chi connectivity index (χ0v) is 12.7. The highest BCUT2D eigenvalue weighted by molar-refractivity contribution is 5.20. The van der Waals surface area contributed by atoms with E-state index in [4.69, 9.17) is 9.47 Å². The first-order valence-electron chi connectivity index (χ1n) is 6.48. The largest absolute Gasteiger partial charge is 0.340 e. The Morgan fingerprint density at radius 1 is 0.667 bits per heavy atom. The fraction of sp³-hybridized carbons (Fsp3) is 0.625. The summed E-state index contributed by atoms with van der Waals surface area (Å²) in [7, 11) is 0. The molecule has 0 saturated heterocycles. The predicted octanol–water partition coefficient (Wildman–Crippen LogP) is 4.49. The Labute approximate surface area is 111 Å². The van der Waals surface area contributed by atoms with Gasteiger partial charge in [0.2, 0.25) is 0 Å². The number of ether oxygens (including phenoxy) is 2. The molecule has 1 rings (SSSR count). The third-order valence-electron chi connectivity index (χ3n) is 2.30. The second kappa shape index (κ2) is 5.02. The minimum absolute atomic E-state index is 0.268. The van der Waals surface area contributed by atoms with Crippen LogP contribution in [-0.2, 0) is 15.3 Å². The lowest BCUT2D eigenvalue weighted by Crippen LogP contribution is -2.42. The van der Waals surface area contributed by atoms with Crippen LogP contribution in [0.2, 0.25) is 0 Å². The molecule has 0 amide bonds. The van der Waals surface area contributed by atoms with Crippen LogP contribution in [0.1, 0.15) is 54.0 Å². The highest BCUT2D eigenvalue weighted by Gasteiger charge is 2.37. The molecule has 0 aliphatic heterocycles. The first-order chi connectivity index (χ1) is 8.02. The maximum atomic E-state index is 6.17. The van der Waals surface area contributed by atoms with E-state index < -0.39 is 5.79 Å². The molecule has 0 aliphatic rings. The number of rotatable bonds is 3. The van der Waals surface area contributed by atoms with Crippen molar-refractivity contribution in [1.82, 2.24) is 0 Å². The maximum Gasteiger partial charge on any atom is 0.193 e. The Balaban J connectivity index is 3.09. The lowest BCUT2D eigenvalue weighted by molar-refractivity contribution is -0.311. The Hall–Kier alpha value is -0.860. The summed E-state index contributed by atoms with van der Waals surface area (Å²) in [4.78, 5) is 0.